The molecule has 0 saturated heterocycles. The third-order valence-corrected chi connectivity index (χ3v) is 18.7. The highest BCUT2D eigenvalue weighted by Crippen LogP contribution is 2.42. The number of pyridine rings is 2. The normalized spacial score (nSPS) is 11.1. The summed E-state index contributed by atoms with van der Waals surface area (Å²) < 4.78 is 9.01. The number of hydrogen-bond donors (Lipinski definition) is 0. The number of nitrogens with zero attached hydrogens (tertiary/aromatic N) is 12. The first-order valence-electron chi connectivity index (χ1n) is 32.3. The van der Waals surface area contributed by atoms with Gasteiger partial charge in [-0.1, -0.05) is 109 Å². The molecule has 6 heterocycles. The molecule has 12 nitrogen and oxygen atoms in total. The van der Waals surface area contributed by atoms with Gasteiger partial charge in [0.25, 0.3) is 0 Å². The molecule has 0 radical (unpaired) electrons. The van der Waals surface area contributed by atoms with Crippen LogP contribution in [-0.4, -0.2) is 28.2 Å². The molecule has 0 saturated carbocycles. The van der Waals surface area contributed by atoms with Gasteiger partial charge in [-0.15, -0.1) is 0 Å². The van der Waals surface area contributed by atoms with E-state index in [1.54, 1.807) is 6.07 Å². The first-order chi connectivity index (χ1) is 49.3. The molecule has 18 aromatic rings. The van der Waals surface area contributed by atoms with Gasteiger partial charge in [-0.2, -0.15) is 31.6 Å². The van der Waals surface area contributed by atoms with Crippen LogP contribution in [-0.2, 0) is 0 Å². The highest BCUT2D eigenvalue weighted by molar-refractivity contribution is 6.13. The third-order valence-electron chi connectivity index (χ3n) is 18.7. The van der Waals surface area contributed by atoms with E-state index in [0.717, 1.165) is 144 Å². The van der Waals surface area contributed by atoms with Crippen LogP contribution in [0.2, 0.25) is 0 Å². The minimum atomic E-state index is 0.556. The molecule has 0 N–H and O–H groups in total. The Balaban J connectivity index is 0.000000150. The number of rotatable bonds is 8. The van der Waals surface area contributed by atoms with Gasteiger partial charge in [0.2, 0.25) is 0 Å². The molecule has 0 aliphatic carbocycles. The van der Waals surface area contributed by atoms with Crippen molar-refractivity contribution in [3.8, 4) is 104 Å². The van der Waals surface area contributed by atoms with Crippen LogP contribution >= 0.6 is 0 Å². The van der Waals surface area contributed by atoms with E-state index in [1.165, 1.54) is 10.8 Å². The third kappa shape index (κ3) is 9.96. The van der Waals surface area contributed by atoms with Crippen molar-refractivity contribution in [3.05, 3.63) is 325 Å². The lowest BCUT2D eigenvalue weighted by molar-refractivity contribution is 1.13. The van der Waals surface area contributed by atoms with Crippen LogP contribution in [0.1, 0.15) is 33.4 Å². The standard InChI is InChI=1S/2C44H24N6/c45-25-28-7-5-8-31(19-28)39-11-6-12-40(48-39)32-22-33(49-41-13-3-1-9-35(41)36-10-2-4-14-42(36)49)24-34(23-32)50-43-17-15-29(26-46)20-37(43)38-21-30(27-47)16-18-44(38)50;45-25-28-12-16-31(17-13-28)39-8-5-9-40(48-39)32-22-33(49-41-10-3-1-6-35(41)36-7-2-4-11-42(36)49)24-34(23-32)50-43-18-14-29(26-46)20-37(43)38-21-30(27-47)15-19-44(38)50/h2*1-24H. The number of nitriles is 6. The van der Waals surface area contributed by atoms with Crippen molar-refractivity contribution in [1.29, 1.82) is 31.6 Å². The quantitative estimate of drug-likeness (QED) is 0.144. The van der Waals surface area contributed by atoms with Crippen molar-refractivity contribution >= 4 is 87.2 Å². The minimum absolute atomic E-state index is 0.556. The van der Waals surface area contributed by atoms with E-state index in [-0.39, 0.29) is 0 Å². The Labute approximate surface area is 572 Å². The van der Waals surface area contributed by atoms with Gasteiger partial charge in [-0.25, -0.2) is 9.97 Å². The Kier molecular flexibility index (Phi) is 14.2. The molecular formula is C88H48N12. The lowest BCUT2D eigenvalue weighted by Gasteiger charge is -2.16. The largest absolute Gasteiger partial charge is 0.309 e. The molecule has 460 valence electrons. The maximum atomic E-state index is 9.77. The van der Waals surface area contributed by atoms with Crippen LogP contribution in [0.25, 0.3) is 155 Å². The maximum Gasteiger partial charge on any atom is 0.0991 e. The van der Waals surface area contributed by atoms with Crippen molar-refractivity contribution in [2.24, 2.45) is 0 Å². The lowest BCUT2D eigenvalue weighted by atomic mass is 10.0. The smallest absolute Gasteiger partial charge is 0.0991 e. The van der Waals surface area contributed by atoms with E-state index in [9.17, 15) is 31.6 Å². The zero-order valence-electron chi connectivity index (χ0n) is 53.1. The number of aromatic nitrogens is 6. The van der Waals surface area contributed by atoms with E-state index < -0.39 is 0 Å². The van der Waals surface area contributed by atoms with Gasteiger partial charge in [0, 0.05) is 88.1 Å². The molecule has 0 aliphatic rings. The molecule has 0 bridgehead atoms. The van der Waals surface area contributed by atoms with Crippen molar-refractivity contribution < 1.29 is 0 Å². The van der Waals surface area contributed by atoms with Crippen molar-refractivity contribution in [2.75, 3.05) is 0 Å². The predicted molar refractivity (Wildman–Crippen MR) is 396 cm³/mol. The Morgan fingerprint density at radius 3 is 0.790 bits per heavy atom. The first-order valence-corrected chi connectivity index (χ1v) is 32.3. The molecule has 12 heteroatoms. The van der Waals surface area contributed by atoms with E-state index >= 15 is 0 Å². The fraction of sp³-hybridized carbons (Fsp3) is 0. The Morgan fingerprint density at radius 1 is 0.190 bits per heavy atom. The summed E-state index contributed by atoms with van der Waals surface area (Å²) in [7, 11) is 0. The second kappa shape index (κ2) is 24.1. The molecule has 0 amide bonds. The topological polar surface area (TPSA) is 188 Å². The minimum Gasteiger partial charge on any atom is -0.309 e. The van der Waals surface area contributed by atoms with Gasteiger partial charge in [0.1, 0.15) is 0 Å². The molecule has 0 spiro atoms. The van der Waals surface area contributed by atoms with Crippen LogP contribution in [0.3, 0.4) is 0 Å². The summed E-state index contributed by atoms with van der Waals surface area (Å²) in [5.41, 5.74) is 22.0. The summed E-state index contributed by atoms with van der Waals surface area (Å²) in [6.45, 7) is 0. The van der Waals surface area contributed by atoms with Gasteiger partial charge in [0.15, 0.2) is 0 Å². The average molecular weight is 1270 g/mol. The SMILES string of the molecule is N#Cc1ccc(-c2cccc(-c3cc(-n4c5ccccc5c5ccccc54)cc(-n4c5ccc(C#N)cc5c5cc(C#N)ccc54)c3)n2)cc1.N#Cc1cccc(-c2cccc(-c3cc(-n4c5ccccc5c5ccccc54)cc(-n4c5ccc(C#N)cc5c5cc(C#N)ccc54)c3)n2)c1. The van der Waals surface area contributed by atoms with Crippen LogP contribution in [0.15, 0.2) is 291 Å². The van der Waals surface area contributed by atoms with Gasteiger partial charge >= 0.3 is 0 Å². The summed E-state index contributed by atoms with van der Waals surface area (Å²) in [4.78, 5) is 10.3. The second-order valence-electron chi connectivity index (χ2n) is 24.5. The van der Waals surface area contributed by atoms with Crippen LogP contribution in [0.5, 0.6) is 0 Å². The van der Waals surface area contributed by atoms with E-state index in [1.807, 2.05) is 152 Å². The Morgan fingerprint density at radius 2 is 0.460 bits per heavy atom. The molecule has 0 unspecified atom stereocenters. The lowest BCUT2D eigenvalue weighted by Crippen LogP contribution is -2.01. The zero-order chi connectivity index (χ0) is 67.5. The fourth-order valence-corrected chi connectivity index (χ4v) is 14.3. The summed E-state index contributed by atoms with van der Waals surface area (Å²) in [6, 6.07) is 110. The summed E-state index contributed by atoms with van der Waals surface area (Å²) >= 11 is 0. The highest BCUT2D eigenvalue weighted by atomic mass is 15.0. The van der Waals surface area contributed by atoms with Crippen LogP contribution < -0.4 is 0 Å². The monoisotopic (exact) mass is 1270 g/mol. The number of fused-ring (bicyclic) bond motifs is 12. The molecule has 0 atom stereocenters. The number of hydrogen-bond acceptors (Lipinski definition) is 8. The molecule has 6 aromatic heterocycles. The first kappa shape index (κ1) is 58.9. The molecule has 12 aromatic carbocycles. The fourth-order valence-electron chi connectivity index (χ4n) is 14.3. The maximum absolute atomic E-state index is 9.77. The second-order valence-corrected chi connectivity index (χ2v) is 24.5. The Hall–Kier alpha value is -14.9. The number of benzene rings is 12. The van der Waals surface area contributed by atoms with Crippen molar-refractivity contribution in [3.63, 3.8) is 0 Å². The molecule has 18 rings (SSSR count). The summed E-state index contributed by atoms with van der Waals surface area (Å²) in [5, 5.41) is 66.2. The van der Waals surface area contributed by atoms with Gasteiger partial charge in [-0.05, 0) is 182 Å². The van der Waals surface area contributed by atoms with Gasteiger partial charge in [-0.3, -0.25) is 0 Å². The zero-order valence-corrected chi connectivity index (χ0v) is 53.1. The summed E-state index contributed by atoms with van der Waals surface area (Å²) in [6.07, 6.45) is 0. The summed E-state index contributed by atoms with van der Waals surface area (Å²) in [5.74, 6) is 0. The van der Waals surface area contributed by atoms with E-state index in [2.05, 4.69) is 188 Å². The van der Waals surface area contributed by atoms with Crippen molar-refractivity contribution in [2.45, 2.75) is 0 Å². The highest BCUT2D eigenvalue weighted by Gasteiger charge is 2.22. The van der Waals surface area contributed by atoms with Crippen LogP contribution in [0.4, 0.5) is 0 Å². The molecule has 0 fully saturated rings. The molecule has 100 heavy (non-hydrogen) atoms. The van der Waals surface area contributed by atoms with Crippen molar-refractivity contribution in [1.82, 2.24) is 28.2 Å². The van der Waals surface area contributed by atoms with Crippen LogP contribution in [0, 0.1) is 68.0 Å². The Bertz CT molecular complexity index is 6500. The predicted octanol–water partition coefficient (Wildman–Crippen LogP) is 20.4. The molecular weight excluding hydrogens is 1230 g/mol. The van der Waals surface area contributed by atoms with Gasteiger partial charge in [0.05, 0.1) is 137 Å². The van der Waals surface area contributed by atoms with Gasteiger partial charge < -0.3 is 18.3 Å². The average Bonchev–Trinajstić information content (AvgIpc) is 1.58. The number of para-hydroxylation sites is 4. The molecule has 0 aliphatic heterocycles. The van der Waals surface area contributed by atoms with E-state index in [0.29, 0.717) is 33.4 Å². The van der Waals surface area contributed by atoms with E-state index in [4.69, 9.17) is 9.97 Å².